The van der Waals surface area contributed by atoms with Crippen molar-refractivity contribution in [2.75, 3.05) is 0 Å². The molecule has 0 aliphatic carbocycles. The van der Waals surface area contributed by atoms with Gasteiger partial charge in [0.15, 0.2) is 0 Å². The lowest BCUT2D eigenvalue weighted by molar-refractivity contribution is -0.123. The van der Waals surface area contributed by atoms with Gasteiger partial charge in [-0.3, -0.25) is 19.3 Å². The van der Waals surface area contributed by atoms with Crippen molar-refractivity contribution in [3.8, 4) is 0 Å². The third kappa shape index (κ3) is 3.08. The Labute approximate surface area is 134 Å². The Morgan fingerprint density at radius 3 is 2.91 bits per heavy atom. The molecule has 120 valence electrons. The molecule has 1 aliphatic heterocycles. The first-order valence-corrected chi connectivity index (χ1v) is 7.56. The zero-order chi connectivity index (χ0) is 16.4. The van der Waals surface area contributed by atoms with Crippen LogP contribution in [0.5, 0.6) is 0 Å². The van der Waals surface area contributed by atoms with E-state index >= 15 is 0 Å². The summed E-state index contributed by atoms with van der Waals surface area (Å²) >= 11 is 0. The lowest BCUT2D eigenvalue weighted by atomic mass is 9.95. The first-order chi connectivity index (χ1) is 11.1. The summed E-state index contributed by atoms with van der Waals surface area (Å²) in [5.74, 6) is -0.243. The number of carbonyl (C=O) groups is 2. The van der Waals surface area contributed by atoms with Gasteiger partial charge in [0.1, 0.15) is 5.69 Å². The highest BCUT2D eigenvalue weighted by atomic mass is 16.2. The van der Waals surface area contributed by atoms with Gasteiger partial charge in [-0.05, 0) is 31.0 Å². The molecular formula is C16H19N5O2. The number of hydrogen-bond acceptors (Lipinski definition) is 4. The van der Waals surface area contributed by atoms with E-state index in [1.807, 2.05) is 26.1 Å². The van der Waals surface area contributed by atoms with E-state index in [0.717, 1.165) is 11.3 Å². The Kier molecular flexibility index (Phi) is 4.10. The minimum Gasteiger partial charge on any atom is -0.346 e. The average Bonchev–Trinajstić information content (AvgIpc) is 2.95. The molecule has 23 heavy (non-hydrogen) atoms. The van der Waals surface area contributed by atoms with Gasteiger partial charge in [0, 0.05) is 25.9 Å². The zero-order valence-electron chi connectivity index (χ0n) is 13.1. The van der Waals surface area contributed by atoms with Crippen molar-refractivity contribution in [1.82, 2.24) is 25.4 Å². The Morgan fingerprint density at radius 2 is 2.22 bits per heavy atom. The summed E-state index contributed by atoms with van der Waals surface area (Å²) in [7, 11) is 1.82. The predicted octanol–water partition coefficient (Wildman–Crippen LogP) is 0.873. The number of aryl methyl sites for hydroxylation is 2. The number of nitrogens with one attached hydrogen (secondary N) is 2. The molecule has 2 N–H and O–H groups in total. The van der Waals surface area contributed by atoms with Gasteiger partial charge in [0.05, 0.1) is 17.8 Å². The van der Waals surface area contributed by atoms with Crippen LogP contribution < -0.4 is 10.6 Å². The molecule has 7 nitrogen and oxygen atoms in total. The number of aromatic nitrogens is 3. The van der Waals surface area contributed by atoms with Crippen molar-refractivity contribution in [1.29, 1.82) is 0 Å². The van der Waals surface area contributed by atoms with Crippen LogP contribution in [-0.4, -0.2) is 32.6 Å². The Bertz CT molecular complexity index is 740. The largest absolute Gasteiger partial charge is 0.346 e. The van der Waals surface area contributed by atoms with Gasteiger partial charge in [-0.15, -0.1) is 0 Å². The fourth-order valence-corrected chi connectivity index (χ4v) is 2.88. The molecular weight excluding hydrogens is 294 g/mol. The zero-order valence-corrected chi connectivity index (χ0v) is 13.1. The van der Waals surface area contributed by atoms with Crippen LogP contribution in [0.4, 0.5) is 0 Å². The maximum absolute atomic E-state index is 12.5. The second-order valence-electron chi connectivity index (χ2n) is 5.71. The average molecular weight is 313 g/mol. The molecule has 3 heterocycles. The Balaban J connectivity index is 1.82. The maximum Gasteiger partial charge on any atom is 0.270 e. The van der Waals surface area contributed by atoms with E-state index in [-0.39, 0.29) is 23.9 Å². The molecule has 1 saturated heterocycles. The molecule has 0 saturated carbocycles. The van der Waals surface area contributed by atoms with Gasteiger partial charge in [-0.1, -0.05) is 6.07 Å². The number of hydrogen-bond donors (Lipinski definition) is 2. The summed E-state index contributed by atoms with van der Waals surface area (Å²) < 4.78 is 1.71. The maximum atomic E-state index is 12.5. The van der Waals surface area contributed by atoms with Crippen LogP contribution in [0.25, 0.3) is 0 Å². The van der Waals surface area contributed by atoms with Gasteiger partial charge in [-0.2, -0.15) is 5.10 Å². The molecule has 0 spiro atoms. The van der Waals surface area contributed by atoms with E-state index in [4.69, 9.17) is 0 Å². The van der Waals surface area contributed by atoms with Crippen molar-refractivity contribution >= 4 is 11.8 Å². The summed E-state index contributed by atoms with van der Waals surface area (Å²) in [6.45, 7) is 1.85. The molecule has 2 atom stereocenters. The van der Waals surface area contributed by atoms with Gasteiger partial charge in [0.2, 0.25) is 5.91 Å². The second kappa shape index (κ2) is 6.20. The summed E-state index contributed by atoms with van der Waals surface area (Å²) in [5.41, 5.74) is 2.09. The molecule has 2 amide bonds. The smallest absolute Gasteiger partial charge is 0.270 e. The highest BCUT2D eigenvalue weighted by Crippen LogP contribution is 2.24. The highest BCUT2D eigenvalue weighted by Gasteiger charge is 2.33. The van der Waals surface area contributed by atoms with E-state index < -0.39 is 0 Å². The lowest BCUT2D eigenvalue weighted by Crippen LogP contribution is -2.50. The normalized spacial score (nSPS) is 20.9. The van der Waals surface area contributed by atoms with Crippen LogP contribution in [0.2, 0.25) is 0 Å². The highest BCUT2D eigenvalue weighted by molar-refractivity contribution is 5.94. The van der Waals surface area contributed by atoms with Crippen LogP contribution in [0.3, 0.4) is 0 Å². The number of pyridine rings is 1. The van der Waals surface area contributed by atoms with Gasteiger partial charge < -0.3 is 10.6 Å². The monoisotopic (exact) mass is 313 g/mol. The van der Waals surface area contributed by atoms with Crippen molar-refractivity contribution in [3.63, 3.8) is 0 Å². The number of nitrogens with zero attached hydrogens (tertiary/aromatic N) is 3. The van der Waals surface area contributed by atoms with E-state index in [1.54, 1.807) is 23.1 Å². The van der Waals surface area contributed by atoms with Crippen LogP contribution in [0, 0.1) is 6.92 Å². The summed E-state index contributed by atoms with van der Waals surface area (Å²) in [6, 6.07) is 5.00. The predicted molar refractivity (Wildman–Crippen MR) is 83.6 cm³/mol. The fraction of sp³-hybridized carbons (Fsp3) is 0.375. The molecule has 2 aromatic rings. The van der Waals surface area contributed by atoms with Crippen molar-refractivity contribution in [2.45, 2.75) is 31.8 Å². The summed E-state index contributed by atoms with van der Waals surface area (Å²) in [4.78, 5) is 28.4. The van der Waals surface area contributed by atoms with Crippen LogP contribution in [0.1, 0.15) is 40.6 Å². The SMILES string of the molecule is Cc1cccnc1C(=O)N[C@@H]1CCC(=O)N[C@H]1c1ccnn1C. The lowest BCUT2D eigenvalue weighted by Gasteiger charge is -2.32. The molecule has 1 fully saturated rings. The molecule has 7 heteroatoms. The minimum atomic E-state index is -0.295. The van der Waals surface area contributed by atoms with Gasteiger partial charge >= 0.3 is 0 Å². The molecule has 0 radical (unpaired) electrons. The minimum absolute atomic E-state index is 0.0179. The van der Waals surface area contributed by atoms with Crippen LogP contribution in [0.15, 0.2) is 30.6 Å². The second-order valence-corrected chi connectivity index (χ2v) is 5.71. The standard InChI is InChI=1S/C16H19N5O2/c1-10-4-3-8-17-14(10)16(23)19-11-5-6-13(22)20-15(11)12-7-9-18-21(12)2/h3-4,7-9,11,15H,5-6H2,1-2H3,(H,19,23)(H,20,22)/t11-,15-/m1/s1. The van der Waals surface area contributed by atoms with Gasteiger partial charge in [-0.25, -0.2) is 0 Å². The molecule has 0 unspecified atom stereocenters. The Morgan fingerprint density at radius 1 is 1.39 bits per heavy atom. The molecule has 1 aliphatic rings. The Hall–Kier alpha value is -2.70. The van der Waals surface area contributed by atoms with Crippen molar-refractivity contribution in [3.05, 3.63) is 47.5 Å². The van der Waals surface area contributed by atoms with E-state index in [9.17, 15) is 9.59 Å². The van der Waals surface area contributed by atoms with Crippen LogP contribution >= 0.6 is 0 Å². The first-order valence-electron chi connectivity index (χ1n) is 7.56. The number of amides is 2. The molecule has 2 aromatic heterocycles. The quantitative estimate of drug-likeness (QED) is 0.880. The number of piperidine rings is 1. The molecule has 3 rings (SSSR count). The number of rotatable bonds is 3. The molecule has 0 bridgehead atoms. The molecule has 0 aromatic carbocycles. The third-order valence-corrected chi connectivity index (χ3v) is 4.12. The third-order valence-electron chi connectivity index (χ3n) is 4.12. The first kappa shape index (κ1) is 15.2. The van der Waals surface area contributed by atoms with E-state index in [0.29, 0.717) is 18.5 Å². The summed E-state index contributed by atoms with van der Waals surface area (Å²) in [5, 5.41) is 10.1. The summed E-state index contributed by atoms with van der Waals surface area (Å²) in [6.07, 6.45) is 4.25. The van der Waals surface area contributed by atoms with Gasteiger partial charge in [0.25, 0.3) is 5.91 Å². The van der Waals surface area contributed by atoms with Crippen LogP contribution in [-0.2, 0) is 11.8 Å². The number of carbonyl (C=O) groups excluding carboxylic acids is 2. The fourth-order valence-electron chi connectivity index (χ4n) is 2.88. The van der Waals surface area contributed by atoms with Crippen molar-refractivity contribution in [2.24, 2.45) is 7.05 Å². The van der Waals surface area contributed by atoms with Crippen molar-refractivity contribution < 1.29 is 9.59 Å². The van der Waals surface area contributed by atoms with E-state index in [2.05, 4.69) is 20.7 Å². The topological polar surface area (TPSA) is 88.9 Å². The van der Waals surface area contributed by atoms with E-state index in [1.165, 1.54) is 0 Å².